The Balaban J connectivity index is 2.32. The fourth-order valence-electron chi connectivity index (χ4n) is 3.17. The molecule has 1 atom stereocenters. The minimum Gasteiger partial charge on any atom is -0.495 e. The van der Waals surface area contributed by atoms with Crippen LogP contribution in [0, 0.1) is 0 Å². The number of ether oxygens (including phenoxy) is 1. The molecular weight excluding hydrogens is 326 g/mol. The van der Waals surface area contributed by atoms with Crippen molar-refractivity contribution in [2.24, 2.45) is 0 Å². The average molecular weight is 351 g/mol. The lowest BCUT2D eigenvalue weighted by atomic mass is 10.1. The minimum atomic E-state index is -0.0770. The van der Waals surface area contributed by atoms with Crippen molar-refractivity contribution in [1.82, 2.24) is 14.9 Å². The number of nitrogens with one attached hydrogen (secondary N) is 1. The van der Waals surface area contributed by atoms with Crippen LogP contribution in [0.3, 0.4) is 0 Å². The first-order chi connectivity index (χ1) is 12.7. The highest BCUT2D eigenvalue weighted by Gasteiger charge is 2.21. The molecule has 136 valence electrons. The molecule has 0 aliphatic rings. The molecular formula is C21H25N3O2. The van der Waals surface area contributed by atoms with E-state index in [2.05, 4.69) is 19.2 Å². The molecule has 0 aliphatic carbocycles. The number of rotatable bonds is 7. The first-order valence-corrected chi connectivity index (χ1v) is 9.09. The SMILES string of the molecule is CCCN[C@@H](CC)c1nc2ccccc2c(=O)n1-c1ccccc1OC. The molecule has 3 rings (SSSR count). The number of para-hydroxylation sites is 3. The smallest absolute Gasteiger partial charge is 0.266 e. The van der Waals surface area contributed by atoms with Gasteiger partial charge in [-0.05, 0) is 43.7 Å². The van der Waals surface area contributed by atoms with Gasteiger partial charge in [-0.2, -0.15) is 0 Å². The third-order valence-electron chi connectivity index (χ3n) is 4.49. The molecule has 0 radical (unpaired) electrons. The van der Waals surface area contributed by atoms with Crippen molar-refractivity contribution in [2.45, 2.75) is 32.7 Å². The van der Waals surface area contributed by atoms with Gasteiger partial charge < -0.3 is 10.1 Å². The van der Waals surface area contributed by atoms with Crippen LogP contribution in [0.15, 0.2) is 53.3 Å². The lowest BCUT2D eigenvalue weighted by Gasteiger charge is -2.22. The van der Waals surface area contributed by atoms with Crippen LogP contribution in [-0.2, 0) is 0 Å². The van der Waals surface area contributed by atoms with E-state index in [1.807, 2.05) is 48.5 Å². The highest BCUT2D eigenvalue weighted by atomic mass is 16.5. The van der Waals surface area contributed by atoms with Crippen LogP contribution in [0.5, 0.6) is 5.75 Å². The summed E-state index contributed by atoms with van der Waals surface area (Å²) in [6, 6.07) is 15.0. The zero-order valence-electron chi connectivity index (χ0n) is 15.5. The number of hydrogen-bond donors (Lipinski definition) is 1. The van der Waals surface area contributed by atoms with Crippen LogP contribution in [0.25, 0.3) is 16.6 Å². The Bertz CT molecular complexity index is 949. The molecule has 1 N–H and O–H groups in total. The van der Waals surface area contributed by atoms with Gasteiger partial charge in [-0.25, -0.2) is 4.98 Å². The maximum atomic E-state index is 13.4. The van der Waals surface area contributed by atoms with Crippen molar-refractivity contribution in [3.05, 3.63) is 64.7 Å². The van der Waals surface area contributed by atoms with Crippen LogP contribution >= 0.6 is 0 Å². The molecule has 1 aromatic heterocycles. The van der Waals surface area contributed by atoms with Gasteiger partial charge in [-0.15, -0.1) is 0 Å². The fourth-order valence-corrected chi connectivity index (χ4v) is 3.17. The molecule has 3 aromatic rings. The minimum absolute atomic E-state index is 0.0165. The monoisotopic (exact) mass is 351 g/mol. The number of benzene rings is 2. The summed E-state index contributed by atoms with van der Waals surface area (Å²) in [6.45, 7) is 5.09. The van der Waals surface area contributed by atoms with E-state index >= 15 is 0 Å². The summed E-state index contributed by atoms with van der Waals surface area (Å²) < 4.78 is 7.20. The van der Waals surface area contributed by atoms with E-state index in [-0.39, 0.29) is 11.6 Å². The van der Waals surface area contributed by atoms with Crippen molar-refractivity contribution in [3.8, 4) is 11.4 Å². The van der Waals surface area contributed by atoms with Gasteiger partial charge in [-0.1, -0.05) is 38.1 Å². The molecule has 0 bridgehead atoms. The molecule has 0 aliphatic heterocycles. The topological polar surface area (TPSA) is 56.2 Å². The number of hydrogen-bond acceptors (Lipinski definition) is 4. The second-order valence-electron chi connectivity index (χ2n) is 6.21. The first-order valence-electron chi connectivity index (χ1n) is 9.09. The predicted molar refractivity (Wildman–Crippen MR) is 105 cm³/mol. The highest BCUT2D eigenvalue weighted by Crippen LogP contribution is 2.26. The molecule has 0 fully saturated rings. The number of nitrogens with zero attached hydrogens (tertiary/aromatic N) is 2. The second-order valence-corrected chi connectivity index (χ2v) is 6.21. The van der Waals surface area contributed by atoms with E-state index in [9.17, 15) is 4.79 Å². The van der Waals surface area contributed by atoms with Gasteiger partial charge in [0.2, 0.25) is 0 Å². The van der Waals surface area contributed by atoms with Crippen molar-refractivity contribution >= 4 is 10.9 Å². The maximum Gasteiger partial charge on any atom is 0.266 e. The molecule has 0 amide bonds. The third-order valence-corrected chi connectivity index (χ3v) is 4.49. The van der Waals surface area contributed by atoms with Crippen LogP contribution in [0.1, 0.15) is 38.6 Å². The molecule has 5 heteroatoms. The van der Waals surface area contributed by atoms with E-state index in [1.165, 1.54) is 0 Å². The summed E-state index contributed by atoms with van der Waals surface area (Å²) in [5.74, 6) is 1.37. The van der Waals surface area contributed by atoms with Crippen molar-refractivity contribution in [3.63, 3.8) is 0 Å². The molecule has 5 nitrogen and oxygen atoms in total. The van der Waals surface area contributed by atoms with Crippen LogP contribution in [0.2, 0.25) is 0 Å². The summed E-state index contributed by atoms with van der Waals surface area (Å²) in [5.41, 5.74) is 1.35. The van der Waals surface area contributed by atoms with Crippen LogP contribution < -0.4 is 15.6 Å². The summed E-state index contributed by atoms with van der Waals surface area (Å²) >= 11 is 0. The Morgan fingerprint density at radius 2 is 1.85 bits per heavy atom. The Labute approximate surface area is 153 Å². The van der Waals surface area contributed by atoms with E-state index < -0.39 is 0 Å². The highest BCUT2D eigenvalue weighted by molar-refractivity contribution is 5.78. The molecule has 0 saturated heterocycles. The molecule has 2 aromatic carbocycles. The molecule has 0 spiro atoms. The van der Waals surface area contributed by atoms with Gasteiger partial charge >= 0.3 is 0 Å². The zero-order chi connectivity index (χ0) is 18.5. The second kappa shape index (κ2) is 8.15. The average Bonchev–Trinajstić information content (AvgIpc) is 2.69. The molecule has 0 saturated carbocycles. The van der Waals surface area contributed by atoms with Crippen molar-refractivity contribution in [2.75, 3.05) is 13.7 Å². The normalized spacial score (nSPS) is 12.3. The predicted octanol–water partition coefficient (Wildman–Crippen LogP) is 3.85. The lowest BCUT2D eigenvalue weighted by molar-refractivity contribution is 0.410. The van der Waals surface area contributed by atoms with E-state index in [1.54, 1.807) is 11.7 Å². The number of methoxy groups -OCH3 is 1. The van der Waals surface area contributed by atoms with Gasteiger partial charge in [0.25, 0.3) is 5.56 Å². The largest absolute Gasteiger partial charge is 0.495 e. The summed E-state index contributed by atoms with van der Waals surface area (Å²) in [6.07, 6.45) is 1.85. The Kier molecular flexibility index (Phi) is 5.68. The molecule has 1 heterocycles. The van der Waals surface area contributed by atoms with Crippen LogP contribution in [-0.4, -0.2) is 23.2 Å². The summed E-state index contributed by atoms with van der Waals surface area (Å²) in [5, 5.41) is 4.12. The Hall–Kier alpha value is -2.66. The Morgan fingerprint density at radius 1 is 1.12 bits per heavy atom. The van der Waals surface area contributed by atoms with E-state index in [0.717, 1.165) is 24.9 Å². The zero-order valence-corrected chi connectivity index (χ0v) is 15.5. The third kappa shape index (κ3) is 3.35. The maximum absolute atomic E-state index is 13.4. The molecule has 26 heavy (non-hydrogen) atoms. The van der Waals surface area contributed by atoms with Gasteiger partial charge in [0.15, 0.2) is 0 Å². The summed E-state index contributed by atoms with van der Waals surface area (Å²) in [7, 11) is 1.62. The Morgan fingerprint density at radius 3 is 2.58 bits per heavy atom. The first kappa shape index (κ1) is 18.1. The van der Waals surface area contributed by atoms with Crippen molar-refractivity contribution in [1.29, 1.82) is 0 Å². The standard InChI is InChI=1S/C21H25N3O2/c1-4-14-22-16(5-2)20-23-17-11-7-6-10-15(17)21(25)24(20)18-12-8-9-13-19(18)26-3/h6-13,16,22H,4-5,14H2,1-3H3/t16-/m0/s1. The van der Waals surface area contributed by atoms with E-state index in [4.69, 9.17) is 9.72 Å². The van der Waals surface area contributed by atoms with Crippen molar-refractivity contribution < 1.29 is 4.74 Å². The van der Waals surface area contributed by atoms with Crippen LogP contribution in [0.4, 0.5) is 0 Å². The van der Waals surface area contributed by atoms with E-state index in [0.29, 0.717) is 22.6 Å². The molecule has 0 unspecified atom stereocenters. The van der Waals surface area contributed by atoms with Gasteiger partial charge in [0.05, 0.1) is 29.7 Å². The number of fused-ring (bicyclic) bond motifs is 1. The number of aromatic nitrogens is 2. The van der Waals surface area contributed by atoms with Gasteiger partial charge in [0.1, 0.15) is 11.6 Å². The van der Waals surface area contributed by atoms with Gasteiger partial charge in [-0.3, -0.25) is 9.36 Å². The lowest BCUT2D eigenvalue weighted by Crippen LogP contribution is -2.31. The summed E-state index contributed by atoms with van der Waals surface area (Å²) in [4.78, 5) is 18.2. The fraction of sp³-hybridized carbons (Fsp3) is 0.333. The quantitative estimate of drug-likeness (QED) is 0.702. The van der Waals surface area contributed by atoms with Gasteiger partial charge in [0, 0.05) is 0 Å².